The Kier molecular flexibility index (Phi) is 6.29. The molecule has 2 rings (SSSR count). The van der Waals surface area contributed by atoms with Gasteiger partial charge in [0.25, 0.3) is 5.91 Å². The van der Waals surface area contributed by atoms with Crippen molar-refractivity contribution in [2.45, 2.75) is 19.4 Å². The molecule has 5 heteroatoms. The highest BCUT2D eigenvalue weighted by Gasteiger charge is 2.05. The number of rotatable bonds is 7. The Balaban J connectivity index is 1.61. The van der Waals surface area contributed by atoms with Gasteiger partial charge in [-0.15, -0.1) is 0 Å². The lowest BCUT2D eigenvalue weighted by Gasteiger charge is -2.07. The highest BCUT2D eigenvalue weighted by molar-refractivity contribution is 5.94. The van der Waals surface area contributed by atoms with Gasteiger partial charge in [-0.1, -0.05) is 30.3 Å². The number of hydrogen-bond donors (Lipinski definition) is 2. The molecule has 0 aliphatic heterocycles. The molecule has 2 N–H and O–H groups in total. The number of carbonyl (C=O) groups is 2. The lowest BCUT2D eigenvalue weighted by molar-refractivity contribution is -0.121. The fourth-order valence-corrected chi connectivity index (χ4v) is 2.03. The number of hydrogen-bond acceptors (Lipinski definition) is 2. The second kappa shape index (κ2) is 8.68. The Hall–Kier alpha value is -2.69. The van der Waals surface area contributed by atoms with Gasteiger partial charge >= 0.3 is 0 Å². The average molecular weight is 314 g/mol. The van der Waals surface area contributed by atoms with Crippen LogP contribution in [0.15, 0.2) is 54.6 Å². The molecule has 4 nitrogen and oxygen atoms in total. The summed E-state index contributed by atoms with van der Waals surface area (Å²) in [7, 11) is 0. The number of nitrogens with one attached hydrogen (secondary N) is 2. The van der Waals surface area contributed by atoms with Gasteiger partial charge < -0.3 is 10.6 Å². The SMILES string of the molecule is O=C(CCCNC(=O)c1ccccc1)NCc1ccc(F)cc1. The van der Waals surface area contributed by atoms with Crippen LogP contribution in [0.4, 0.5) is 4.39 Å². The summed E-state index contributed by atoms with van der Waals surface area (Å²) in [4.78, 5) is 23.5. The first kappa shape index (κ1) is 16.7. The lowest BCUT2D eigenvalue weighted by Crippen LogP contribution is -2.27. The van der Waals surface area contributed by atoms with E-state index >= 15 is 0 Å². The standard InChI is InChI=1S/C18H19FN2O2/c19-16-10-8-14(9-11-16)13-21-17(22)7-4-12-20-18(23)15-5-2-1-3-6-15/h1-3,5-6,8-11H,4,7,12-13H2,(H,20,23)(H,21,22). The average Bonchev–Trinajstić information content (AvgIpc) is 2.59. The molecule has 0 bridgehead atoms. The second-order valence-electron chi connectivity index (χ2n) is 5.13. The predicted octanol–water partition coefficient (Wildman–Crippen LogP) is 2.65. The summed E-state index contributed by atoms with van der Waals surface area (Å²) in [6, 6.07) is 14.9. The molecule has 23 heavy (non-hydrogen) atoms. The van der Waals surface area contributed by atoms with Crippen LogP contribution in [0.5, 0.6) is 0 Å². The van der Waals surface area contributed by atoms with E-state index in [9.17, 15) is 14.0 Å². The van der Waals surface area contributed by atoms with Crippen LogP contribution in [0, 0.1) is 5.82 Å². The summed E-state index contributed by atoms with van der Waals surface area (Å²) >= 11 is 0. The first-order valence-electron chi connectivity index (χ1n) is 7.49. The number of benzene rings is 2. The molecule has 2 amide bonds. The van der Waals surface area contributed by atoms with E-state index in [0.717, 1.165) is 5.56 Å². The zero-order chi connectivity index (χ0) is 16.5. The Bertz CT molecular complexity index is 642. The van der Waals surface area contributed by atoms with Crippen LogP contribution >= 0.6 is 0 Å². The van der Waals surface area contributed by atoms with Crippen molar-refractivity contribution in [2.75, 3.05) is 6.54 Å². The minimum atomic E-state index is -0.297. The molecule has 0 aliphatic rings. The van der Waals surface area contributed by atoms with Crippen molar-refractivity contribution in [1.29, 1.82) is 0 Å². The van der Waals surface area contributed by atoms with Crippen molar-refractivity contribution in [1.82, 2.24) is 10.6 Å². The van der Waals surface area contributed by atoms with E-state index in [1.54, 1.807) is 36.4 Å². The maximum absolute atomic E-state index is 12.8. The van der Waals surface area contributed by atoms with E-state index in [0.29, 0.717) is 31.5 Å². The fourth-order valence-electron chi connectivity index (χ4n) is 2.03. The van der Waals surface area contributed by atoms with E-state index in [2.05, 4.69) is 10.6 Å². The predicted molar refractivity (Wildman–Crippen MR) is 86.3 cm³/mol. The largest absolute Gasteiger partial charge is 0.352 e. The summed E-state index contributed by atoms with van der Waals surface area (Å²) < 4.78 is 12.8. The van der Waals surface area contributed by atoms with Crippen molar-refractivity contribution in [3.05, 3.63) is 71.5 Å². The van der Waals surface area contributed by atoms with Gasteiger partial charge in [-0.25, -0.2) is 4.39 Å². The van der Waals surface area contributed by atoms with Gasteiger partial charge in [0.2, 0.25) is 5.91 Å². The summed E-state index contributed by atoms with van der Waals surface area (Å²) in [5.74, 6) is -0.533. The molecule has 120 valence electrons. The van der Waals surface area contributed by atoms with Crippen molar-refractivity contribution >= 4 is 11.8 Å². The van der Waals surface area contributed by atoms with Gasteiger partial charge in [0.1, 0.15) is 5.82 Å². The summed E-state index contributed by atoms with van der Waals surface area (Å²) in [6.45, 7) is 0.813. The molecule has 0 aromatic heterocycles. The third-order valence-corrected chi connectivity index (χ3v) is 3.31. The first-order chi connectivity index (χ1) is 11.1. The van der Waals surface area contributed by atoms with Crippen LogP contribution in [0.1, 0.15) is 28.8 Å². The highest BCUT2D eigenvalue weighted by atomic mass is 19.1. The summed E-state index contributed by atoms with van der Waals surface area (Å²) in [5, 5.41) is 5.54. The number of carbonyl (C=O) groups excluding carboxylic acids is 2. The molecule has 2 aromatic carbocycles. The molecule has 0 fully saturated rings. The molecule has 0 aliphatic carbocycles. The molecular weight excluding hydrogens is 295 g/mol. The molecule has 2 aromatic rings. The molecule has 0 saturated heterocycles. The van der Waals surface area contributed by atoms with Crippen LogP contribution in [0.2, 0.25) is 0 Å². The van der Waals surface area contributed by atoms with Crippen molar-refractivity contribution in [3.8, 4) is 0 Å². The second-order valence-corrected chi connectivity index (χ2v) is 5.13. The van der Waals surface area contributed by atoms with Gasteiger partial charge in [-0.2, -0.15) is 0 Å². The van der Waals surface area contributed by atoms with Crippen LogP contribution < -0.4 is 10.6 Å². The monoisotopic (exact) mass is 314 g/mol. The molecule has 0 radical (unpaired) electrons. The highest BCUT2D eigenvalue weighted by Crippen LogP contribution is 2.02. The van der Waals surface area contributed by atoms with Crippen LogP contribution in [0.25, 0.3) is 0 Å². The van der Waals surface area contributed by atoms with Crippen molar-refractivity contribution < 1.29 is 14.0 Å². The fraction of sp³-hybridized carbons (Fsp3) is 0.222. The summed E-state index contributed by atoms with van der Waals surface area (Å²) in [6.07, 6.45) is 0.893. The molecule has 0 heterocycles. The van der Waals surface area contributed by atoms with Gasteiger partial charge in [0.15, 0.2) is 0 Å². The molecular formula is C18H19FN2O2. The van der Waals surface area contributed by atoms with E-state index in [1.807, 2.05) is 6.07 Å². The van der Waals surface area contributed by atoms with Crippen LogP contribution in [-0.2, 0) is 11.3 Å². The molecule has 0 unspecified atom stereocenters. The smallest absolute Gasteiger partial charge is 0.251 e. The maximum atomic E-state index is 12.8. The topological polar surface area (TPSA) is 58.2 Å². The van der Waals surface area contributed by atoms with Crippen molar-refractivity contribution in [3.63, 3.8) is 0 Å². The Morgan fingerprint density at radius 1 is 0.913 bits per heavy atom. The van der Waals surface area contributed by atoms with Gasteiger partial charge in [0.05, 0.1) is 0 Å². The molecule has 0 atom stereocenters. The Labute approximate surface area is 134 Å². The van der Waals surface area contributed by atoms with E-state index in [-0.39, 0.29) is 17.6 Å². The van der Waals surface area contributed by atoms with Crippen LogP contribution in [0.3, 0.4) is 0 Å². The normalized spacial score (nSPS) is 10.1. The third-order valence-electron chi connectivity index (χ3n) is 3.31. The minimum Gasteiger partial charge on any atom is -0.352 e. The Morgan fingerprint density at radius 3 is 2.30 bits per heavy atom. The zero-order valence-electron chi connectivity index (χ0n) is 12.7. The number of halogens is 1. The maximum Gasteiger partial charge on any atom is 0.251 e. The van der Waals surface area contributed by atoms with Crippen molar-refractivity contribution in [2.24, 2.45) is 0 Å². The van der Waals surface area contributed by atoms with Crippen LogP contribution in [-0.4, -0.2) is 18.4 Å². The minimum absolute atomic E-state index is 0.0942. The van der Waals surface area contributed by atoms with E-state index in [1.165, 1.54) is 12.1 Å². The Morgan fingerprint density at radius 2 is 1.61 bits per heavy atom. The quantitative estimate of drug-likeness (QED) is 0.772. The zero-order valence-corrected chi connectivity index (χ0v) is 12.7. The van der Waals surface area contributed by atoms with Gasteiger partial charge in [0, 0.05) is 25.1 Å². The number of amides is 2. The van der Waals surface area contributed by atoms with Gasteiger partial charge in [-0.3, -0.25) is 9.59 Å². The third kappa shape index (κ3) is 5.90. The van der Waals surface area contributed by atoms with Gasteiger partial charge in [-0.05, 0) is 36.2 Å². The first-order valence-corrected chi connectivity index (χ1v) is 7.49. The van der Waals surface area contributed by atoms with E-state index < -0.39 is 0 Å². The molecule has 0 spiro atoms. The van der Waals surface area contributed by atoms with E-state index in [4.69, 9.17) is 0 Å². The summed E-state index contributed by atoms with van der Waals surface area (Å²) in [5.41, 5.74) is 1.45. The molecule has 0 saturated carbocycles. The lowest BCUT2D eigenvalue weighted by atomic mass is 10.2.